The zero-order valence-corrected chi connectivity index (χ0v) is 17.5. The topological polar surface area (TPSA) is 66.5 Å². The fraction of sp³-hybridized carbons (Fsp3) is 0.522. The average molecular weight is 385 g/mol. The Hall–Kier alpha value is -2.43. The summed E-state index contributed by atoms with van der Waals surface area (Å²) in [6, 6.07) is 5.92. The van der Waals surface area contributed by atoms with Crippen molar-refractivity contribution in [3.63, 3.8) is 0 Å². The monoisotopic (exact) mass is 384 g/mol. The summed E-state index contributed by atoms with van der Waals surface area (Å²) in [4.78, 5) is 12.4. The van der Waals surface area contributed by atoms with Gasteiger partial charge in [-0.2, -0.15) is 0 Å². The first-order chi connectivity index (χ1) is 13.4. The van der Waals surface area contributed by atoms with Crippen LogP contribution in [0.5, 0.6) is 11.5 Å². The van der Waals surface area contributed by atoms with Gasteiger partial charge >= 0.3 is 0 Å². The minimum absolute atomic E-state index is 0.372. The quantitative estimate of drug-likeness (QED) is 0.716. The van der Waals surface area contributed by atoms with Crippen LogP contribution in [0.15, 0.2) is 18.2 Å². The van der Waals surface area contributed by atoms with Gasteiger partial charge in [0.15, 0.2) is 11.5 Å². The molecule has 0 radical (unpaired) electrons. The average Bonchev–Trinajstić information content (AvgIpc) is 2.95. The van der Waals surface area contributed by atoms with Crippen LogP contribution in [0, 0.1) is 12.8 Å². The largest absolute Gasteiger partial charge is 0.486 e. The highest BCUT2D eigenvalue weighted by Gasteiger charge is 2.25. The minimum Gasteiger partial charge on any atom is -0.486 e. The van der Waals surface area contributed by atoms with Crippen molar-refractivity contribution in [2.24, 2.45) is 11.7 Å². The highest BCUT2D eigenvalue weighted by molar-refractivity contribution is 6.02. The Balaban J connectivity index is 2.16. The normalized spacial score (nSPS) is 13.2. The van der Waals surface area contributed by atoms with Crippen molar-refractivity contribution in [3.8, 4) is 22.6 Å². The number of rotatable bonds is 8. The Morgan fingerprint density at radius 3 is 2.57 bits per heavy atom. The molecule has 2 N–H and O–H groups in total. The summed E-state index contributed by atoms with van der Waals surface area (Å²) in [5, 5.41) is 0. The number of carbonyl (C=O) groups is 1. The minimum atomic E-state index is -0.372. The second kappa shape index (κ2) is 8.72. The summed E-state index contributed by atoms with van der Waals surface area (Å²) >= 11 is 0. The number of nitrogens with two attached hydrogens (primary N) is 1. The van der Waals surface area contributed by atoms with E-state index < -0.39 is 0 Å². The van der Waals surface area contributed by atoms with Gasteiger partial charge in [-0.1, -0.05) is 33.3 Å². The lowest BCUT2D eigenvalue weighted by molar-refractivity contribution is 0.1000. The highest BCUT2D eigenvalue weighted by atomic mass is 16.6. The summed E-state index contributed by atoms with van der Waals surface area (Å²) < 4.78 is 13.7. The summed E-state index contributed by atoms with van der Waals surface area (Å²) in [6.07, 6.45) is 4.15. The number of nitrogens with zero attached hydrogens (tertiary/aromatic N) is 1. The Bertz CT molecular complexity index is 852. The molecule has 0 bridgehead atoms. The van der Waals surface area contributed by atoms with Crippen molar-refractivity contribution in [2.45, 2.75) is 59.9 Å². The van der Waals surface area contributed by atoms with E-state index in [1.54, 1.807) is 0 Å². The number of benzene rings is 1. The second-order valence-corrected chi connectivity index (χ2v) is 7.94. The van der Waals surface area contributed by atoms with Crippen LogP contribution < -0.4 is 15.2 Å². The Labute approximate surface area is 167 Å². The van der Waals surface area contributed by atoms with Crippen molar-refractivity contribution in [3.05, 3.63) is 35.2 Å². The number of carbonyl (C=O) groups excluding carboxylic acids is 1. The van der Waals surface area contributed by atoms with Crippen LogP contribution in [0.25, 0.3) is 11.1 Å². The van der Waals surface area contributed by atoms with Gasteiger partial charge in [0, 0.05) is 23.5 Å². The fourth-order valence-electron chi connectivity index (χ4n) is 3.90. The van der Waals surface area contributed by atoms with Gasteiger partial charge in [0.2, 0.25) is 0 Å². The molecule has 2 aromatic rings. The van der Waals surface area contributed by atoms with Gasteiger partial charge in [0.25, 0.3) is 5.91 Å². The molecule has 0 fully saturated rings. The lowest BCUT2D eigenvalue weighted by Crippen LogP contribution is -2.15. The number of hydrogen-bond acceptors (Lipinski definition) is 3. The predicted molar refractivity (Wildman–Crippen MR) is 112 cm³/mol. The first-order valence-corrected chi connectivity index (χ1v) is 10.4. The Kier molecular flexibility index (Phi) is 6.32. The molecule has 152 valence electrons. The molecule has 1 aromatic heterocycles. The molecule has 0 saturated carbocycles. The first-order valence-electron chi connectivity index (χ1n) is 10.4. The molecule has 1 aliphatic heterocycles. The molecule has 0 spiro atoms. The van der Waals surface area contributed by atoms with Crippen LogP contribution in [0.3, 0.4) is 0 Å². The van der Waals surface area contributed by atoms with E-state index in [0.717, 1.165) is 60.5 Å². The Morgan fingerprint density at radius 1 is 1.21 bits per heavy atom. The SMILES string of the molecule is CCCCc1c(-c2ccc3c(c2)OCCO3)c(C(N)=O)c(C)n1CCC(C)C. The number of primary amides is 1. The van der Waals surface area contributed by atoms with Gasteiger partial charge < -0.3 is 19.8 Å². The third-order valence-electron chi connectivity index (χ3n) is 5.41. The molecule has 5 nitrogen and oxygen atoms in total. The molecule has 0 aliphatic carbocycles. The number of fused-ring (bicyclic) bond motifs is 1. The standard InChI is InChI=1S/C23H32N2O3/c1-5-6-7-18-22(17-8-9-19-20(14-17)28-13-12-27-19)21(23(24)26)16(4)25(18)11-10-15(2)3/h8-9,14-15H,5-7,10-13H2,1-4H3,(H2,24,26). The summed E-state index contributed by atoms with van der Waals surface area (Å²) in [6.45, 7) is 10.6. The van der Waals surface area contributed by atoms with Crippen LogP contribution in [-0.4, -0.2) is 23.7 Å². The maximum atomic E-state index is 12.4. The second-order valence-electron chi connectivity index (χ2n) is 7.94. The summed E-state index contributed by atoms with van der Waals surface area (Å²) in [7, 11) is 0. The van der Waals surface area contributed by atoms with Crippen LogP contribution in [-0.2, 0) is 13.0 Å². The van der Waals surface area contributed by atoms with Crippen molar-refractivity contribution in [2.75, 3.05) is 13.2 Å². The molecule has 0 atom stereocenters. The van der Waals surface area contributed by atoms with E-state index in [0.29, 0.717) is 24.7 Å². The lowest BCUT2D eigenvalue weighted by Gasteiger charge is -2.19. The number of amides is 1. The maximum Gasteiger partial charge on any atom is 0.251 e. The molecular weight excluding hydrogens is 352 g/mol. The molecule has 5 heteroatoms. The number of hydrogen-bond donors (Lipinski definition) is 1. The lowest BCUT2D eigenvalue weighted by atomic mass is 9.97. The first kappa shape index (κ1) is 20.3. The van der Waals surface area contributed by atoms with Crippen molar-refractivity contribution < 1.29 is 14.3 Å². The highest BCUT2D eigenvalue weighted by Crippen LogP contribution is 2.39. The molecule has 2 heterocycles. The number of unbranched alkanes of at least 4 members (excludes halogenated alkanes) is 1. The van der Waals surface area contributed by atoms with Gasteiger partial charge in [-0.15, -0.1) is 0 Å². The maximum absolute atomic E-state index is 12.4. The van der Waals surface area contributed by atoms with E-state index >= 15 is 0 Å². The van der Waals surface area contributed by atoms with E-state index in [1.807, 2.05) is 25.1 Å². The Morgan fingerprint density at radius 2 is 1.93 bits per heavy atom. The summed E-state index contributed by atoms with van der Waals surface area (Å²) in [5.41, 5.74) is 10.6. The summed E-state index contributed by atoms with van der Waals surface area (Å²) in [5.74, 6) is 1.70. The van der Waals surface area contributed by atoms with Crippen LogP contribution in [0.4, 0.5) is 0 Å². The van der Waals surface area contributed by atoms with Gasteiger partial charge in [-0.05, 0) is 49.8 Å². The van der Waals surface area contributed by atoms with E-state index in [2.05, 4.69) is 25.3 Å². The zero-order valence-electron chi connectivity index (χ0n) is 17.5. The van der Waals surface area contributed by atoms with Crippen molar-refractivity contribution in [1.82, 2.24) is 4.57 Å². The predicted octanol–water partition coefficient (Wildman–Crippen LogP) is 4.72. The zero-order chi connectivity index (χ0) is 20.3. The molecule has 0 unspecified atom stereocenters. The van der Waals surface area contributed by atoms with Crippen LogP contribution >= 0.6 is 0 Å². The van der Waals surface area contributed by atoms with E-state index in [-0.39, 0.29) is 5.91 Å². The van der Waals surface area contributed by atoms with Crippen LogP contribution in [0.1, 0.15) is 61.8 Å². The van der Waals surface area contributed by atoms with Crippen molar-refractivity contribution in [1.29, 1.82) is 0 Å². The molecule has 28 heavy (non-hydrogen) atoms. The van der Waals surface area contributed by atoms with E-state index in [4.69, 9.17) is 15.2 Å². The smallest absolute Gasteiger partial charge is 0.251 e. The molecule has 0 saturated heterocycles. The number of aromatic nitrogens is 1. The van der Waals surface area contributed by atoms with E-state index in [1.165, 1.54) is 5.69 Å². The van der Waals surface area contributed by atoms with Gasteiger partial charge in [0.05, 0.1) is 5.56 Å². The molecule has 1 aromatic carbocycles. The number of ether oxygens (including phenoxy) is 2. The third-order valence-corrected chi connectivity index (χ3v) is 5.41. The molecule has 1 amide bonds. The third kappa shape index (κ3) is 4.03. The molecule has 1 aliphatic rings. The van der Waals surface area contributed by atoms with Gasteiger partial charge in [-0.25, -0.2) is 0 Å². The fourth-order valence-corrected chi connectivity index (χ4v) is 3.90. The van der Waals surface area contributed by atoms with Crippen molar-refractivity contribution >= 4 is 5.91 Å². The van der Waals surface area contributed by atoms with Crippen LogP contribution in [0.2, 0.25) is 0 Å². The molecular formula is C23H32N2O3. The van der Waals surface area contributed by atoms with Gasteiger partial charge in [-0.3, -0.25) is 4.79 Å². The van der Waals surface area contributed by atoms with Gasteiger partial charge in [0.1, 0.15) is 13.2 Å². The van der Waals surface area contributed by atoms with E-state index in [9.17, 15) is 4.79 Å². The molecule has 3 rings (SSSR count).